The Kier molecular flexibility index (Phi) is 8.20. The first-order chi connectivity index (χ1) is 18.1. The molecule has 0 aliphatic rings. The summed E-state index contributed by atoms with van der Waals surface area (Å²) in [5.74, 6) is -1.62. The quantitative estimate of drug-likeness (QED) is 0.175. The number of hydrogen-bond donors (Lipinski definition) is 5. The zero-order valence-electron chi connectivity index (χ0n) is 20.8. The number of nitrogens with zero attached hydrogens (tertiary/aromatic N) is 1. The van der Waals surface area contributed by atoms with Gasteiger partial charge in [-0.1, -0.05) is 49.2 Å². The molecular formula is C27H26Cl2FN5O3. The molecular weight excluding hydrogens is 532 g/mol. The molecule has 3 aromatic carbocycles. The third-order valence-corrected chi connectivity index (χ3v) is 6.84. The lowest BCUT2D eigenvalue weighted by atomic mass is 10.1. The number of rotatable bonds is 8. The maximum Gasteiger partial charge on any atom is 0.260 e. The molecule has 0 unspecified atom stereocenters. The van der Waals surface area contributed by atoms with Crippen molar-refractivity contribution in [2.45, 2.75) is 26.8 Å². The molecule has 0 aliphatic heterocycles. The predicted molar refractivity (Wildman–Crippen MR) is 149 cm³/mol. The second-order valence-corrected chi connectivity index (χ2v) is 9.91. The van der Waals surface area contributed by atoms with Gasteiger partial charge < -0.3 is 26.0 Å². The minimum atomic E-state index is -0.776. The Bertz CT molecular complexity index is 1500. The highest BCUT2D eigenvalue weighted by Gasteiger charge is 2.21. The van der Waals surface area contributed by atoms with Gasteiger partial charge in [-0.05, 0) is 54.8 Å². The van der Waals surface area contributed by atoms with Gasteiger partial charge in [-0.15, -0.1) is 0 Å². The van der Waals surface area contributed by atoms with Gasteiger partial charge in [0, 0.05) is 16.4 Å². The highest BCUT2D eigenvalue weighted by atomic mass is 35.5. The number of halogens is 3. The summed E-state index contributed by atoms with van der Waals surface area (Å²) in [5.41, 5.74) is 2.00. The minimum absolute atomic E-state index is 0.0465. The van der Waals surface area contributed by atoms with E-state index >= 15 is 0 Å². The predicted octanol–water partition coefficient (Wildman–Crippen LogP) is 6.25. The summed E-state index contributed by atoms with van der Waals surface area (Å²) in [7, 11) is 0. The van der Waals surface area contributed by atoms with E-state index in [2.05, 4.69) is 25.9 Å². The van der Waals surface area contributed by atoms with Gasteiger partial charge in [0.1, 0.15) is 11.3 Å². The smallest absolute Gasteiger partial charge is 0.260 e. The molecule has 5 N–H and O–H groups in total. The summed E-state index contributed by atoms with van der Waals surface area (Å²) in [6, 6.07) is 11.8. The zero-order valence-corrected chi connectivity index (χ0v) is 22.3. The Labute approximate surface area is 228 Å². The molecule has 0 saturated heterocycles. The van der Waals surface area contributed by atoms with Crippen LogP contribution in [0.4, 0.5) is 21.7 Å². The Morgan fingerprint density at radius 3 is 2.45 bits per heavy atom. The fourth-order valence-corrected chi connectivity index (χ4v) is 4.29. The molecule has 0 saturated carbocycles. The van der Waals surface area contributed by atoms with Crippen LogP contribution in [0, 0.1) is 18.7 Å². The van der Waals surface area contributed by atoms with Crippen molar-refractivity contribution in [2.24, 2.45) is 5.92 Å². The molecule has 8 nitrogen and oxygen atoms in total. The van der Waals surface area contributed by atoms with E-state index in [1.54, 1.807) is 31.2 Å². The SMILES string of the molecule is Cc1c(Cl)cccc1NC(=O)c1cc(NC(=O)c2c(F)cccc2Cl)cc2[nH]c(N[C@H](CO)C(C)C)nc12. The summed E-state index contributed by atoms with van der Waals surface area (Å²) in [4.78, 5) is 34.0. The summed E-state index contributed by atoms with van der Waals surface area (Å²) >= 11 is 12.3. The van der Waals surface area contributed by atoms with E-state index in [0.717, 1.165) is 6.07 Å². The van der Waals surface area contributed by atoms with Crippen LogP contribution >= 0.6 is 23.2 Å². The van der Waals surface area contributed by atoms with E-state index in [1.165, 1.54) is 18.2 Å². The molecule has 2 amide bonds. The molecule has 1 aromatic heterocycles. The number of aliphatic hydroxyl groups excluding tert-OH is 1. The van der Waals surface area contributed by atoms with Gasteiger partial charge in [-0.25, -0.2) is 9.37 Å². The first-order valence-electron chi connectivity index (χ1n) is 11.8. The number of fused-ring (bicyclic) bond motifs is 1. The van der Waals surface area contributed by atoms with E-state index in [9.17, 15) is 19.1 Å². The third kappa shape index (κ3) is 5.75. The maximum atomic E-state index is 14.3. The number of nitrogens with one attached hydrogen (secondary N) is 4. The van der Waals surface area contributed by atoms with Crippen molar-refractivity contribution in [3.05, 3.63) is 81.1 Å². The van der Waals surface area contributed by atoms with Gasteiger partial charge in [-0.2, -0.15) is 0 Å². The van der Waals surface area contributed by atoms with Crippen molar-refractivity contribution in [3.63, 3.8) is 0 Å². The number of amides is 2. The first-order valence-corrected chi connectivity index (χ1v) is 12.6. The van der Waals surface area contributed by atoms with Crippen LogP contribution in [-0.4, -0.2) is 39.5 Å². The standard InChI is InChI=1S/C27H26Cl2FN5O3/c1-13(2)22(12-36)34-27-33-21-11-15(31-26(38)23-18(29)7-4-8-19(23)30)10-16(24(21)35-27)25(37)32-20-9-5-6-17(28)14(20)3/h4-11,13,22,36H,12H2,1-3H3,(H,31,38)(H,32,37)(H2,33,34,35)/t22-/m1/s1. The number of carbonyl (C=O) groups is 2. The molecule has 4 aromatic rings. The van der Waals surface area contributed by atoms with Crippen LogP contribution in [0.15, 0.2) is 48.5 Å². The van der Waals surface area contributed by atoms with Crippen LogP contribution in [0.5, 0.6) is 0 Å². The Morgan fingerprint density at radius 2 is 1.76 bits per heavy atom. The molecule has 1 atom stereocenters. The fraction of sp³-hybridized carbons (Fsp3) is 0.222. The van der Waals surface area contributed by atoms with Gasteiger partial charge in [-0.3, -0.25) is 9.59 Å². The average Bonchev–Trinajstić information content (AvgIpc) is 3.27. The Balaban J connectivity index is 1.76. The van der Waals surface area contributed by atoms with Crippen molar-refractivity contribution in [2.75, 3.05) is 22.6 Å². The molecule has 0 spiro atoms. The van der Waals surface area contributed by atoms with Gasteiger partial charge in [0.05, 0.1) is 34.3 Å². The minimum Gasteiger partial charge on any atom is -0.394 e. The summed E-state index contributed by atoms with van der Waals surface area (Å²) < 4.78 is 14.3. The van der Waals surface area contributed by atoms with Gasteiger partial charge >= 0.3 is 0 Å². The molecule has 198 valence electrons. The van der Waals surface area contributed by atoms with Crippen LogP contribution in [0.1, 0.15) is 40.1 Å². The van der Waals surface area contributed by atoms with E-state index in [0.29, 0.717) is 33.3 Å². The van der Waals surface area contributed by atoms with Crippen molar-refractivity contribution in [1.82, 2.24) is 9.97 Å². The van der Waals surface area contributed by atoms with E-state index in [-0.39, 0.29) is 40.4 Å². The summed E-state index contributed by atoms with van der Waals surface area (Å²) in [6.07, 6.45) is 0. The highest BCUT2D eigenvalue weighted by molar-refractivity contribution is 6.34. The maximum absolute atomic E-state index is 14.3. The lowest BCUT2D eigenvalue weighted by molar-refractivity contribution is 0.101. The number of aromatic nitrogens is 2. The Morgan fingerprint density at radius 1 is 1.05 bits per heavy atom. The van der Waals surface area contributed by atoms with Crippen molar-refractivity contribution in [1.29, 1.82) is 0 Å². The van der Waals surface area contributed by atoms with Crippen LogP contribution in [-0.2, 0) is 0 Å². The molecule has 4 rings (SSSR count). The van der Waals surface area contributed by atoms with E-state index in [4.69, 9.17) is 23.2 Å². The molecule has 0 radical (unpaired) electrons. The lowest BCUT2D eigenvalue weighted by Crippen LogP contribution is -2.29. The highest BCUT2D eigenvalue weighted by Crippen LogP contribution is 2.29. The molecule has 0 fully saturated rings. The molecule has 0 bridgehead atoms. The van der Waals surface area contributed by atoms with Gasteiger partial charge in [0.2, 0.25) is 5.95 Å². The van der Waals surface area contributed by atoms with Crippen LogP contribution in [0.2, 0.25) is 10.0 Å². The second kappa shape index (κ2) is 11.4. The number of anilines is 3. The largest absolute Gasteiger partial charge is 0.394 e. The summed E-state index contributed by atoms with van der Waals surface area (Å²) in [6.45, 7) is 5.55. The molecule has 0 aliphatic carbocycles. The fourth-order valence-electron chi connectivity index (χ4n) is 3.87. The number of imidazole rings is 1. The molecule has 38 heavy (non-hydrogen) atoms. The van der Waals surface area contributed by atoms with Crippen molar-refractivity contribution in [3.8, 4) is 0 Å². The number of aliphatic hydroxyl groups is 1. The molecule has 1 heterocycles. The number of benzene rings is 3. The van der Waals surface area contributed by atoms with Gasteiger partial charge in [0.15, 0.2) is 0 Å². The van der Waals surface area contributed by atoms with Crippen LogP contribution in [0.25, 0.3) is 11.0 Å². The van der Waals surface area contributed by atoms with E-state index in [1.807, 2.05) is 13.8 Å². The number of aromatic amines is 1. The Hall–Kier alpha value is -3.66. The van der Waals surface area contributed by atoms with Crippen molar-refractivity contribution < 1.29 is 19.1 Å². The second-order valence-electron chi connectivity index (χ2n) is 9.10. The van der Waals surface area contributed by atoms with Gasteiger partial charge in [0.25, 0.3) is 11.8 Å². The summed E-state index contributed by atoms with van der Waals surface area (Å²) in [5, 5.41) is 18.7. The monoisotopic (exact) mass is 557 g/mol. The third-order valence-electron chi connectivity index (χ3n) is 6.12. The number of H-pyrrole nitrogens is 1. The first kappa shape index (κ1) is 27.4. The zero-order chi connectivity index (χ0) is 27.6. The normalized spacial score (nSPS) is 12.0. The average molecular weight is 558 g/mol. The molecule has 11 heteroatoms. The van der Waals surface area contributed by atoms with Crippen LogP contribution in [0.3, 0.4) is 0 Å². The topological polar surface area (TPSA) is 119 Å². The van der Waals surface area contributed by atoms with Crippen molar-refractivity contribution >= 4 is 63.4 Å². The lowest BCUT2D eigenvalue weighted by Gasteiger charge is -2.18. The number of hydrogen-bond acceptors (Lipinski definition) is 5. The van der Waals surface area contributed by atoms with Crippen LogP contribution < -0.4 is 16.0 Å². The number of carbonyl (C=O) groups excluding carboxylic acids is 2. The van der Waals surface area contributed by atoms with E-state index < -0.39 is 17.6 Å².